The molecule has 1 saturated carbocycles. The maximum atomic E-state index is 11.9. The molecule has 2 rings (SSSR count). The van der Waals surface area contributed by atoms with Crippen molar-refractivity contribution in [2.24, 2.45) is 11.7 Å². The van der Waals surface area contributed by atoms with Crippen LogP contribution in [0, 0.1) is 5.92 Å². The maximum absolute atomic E-state index is 11.9. The molecule has 1 saturated heterocycles. The highest BCUT2D eigenvalue weighted by Crippen LogP contribution is 2.28. The van der Waals surface area contributed by atoms with Crippen LogP contribution in [0.2, 0.25) is 0 Å². The molecule has 21 heavy (non-hydrogen) atoms. The van der Waals surface area contributed by atoms with E-state index in [1.807, 2.05) is 0 Å². The van der Waals surface area contributed by atoms with Gasteiger partial charge >= 0.3 is 0 Å². The molecule has 1 amide bonds. The summed E-state index contributed by atoms with van der Waals surface area (Å²) in [4.78, 5) is 13.1. The third-order valence-corrected chi connectivity index (χ3v) is 5.99. The number of nitrogens with one attached hydrogen (secondary N) is 1. The SMILES string of the molecule is NC(=O)CCS(=O)(=O)CCN(CC1CCNCC1)C1CC1. The molecule has 0 radical (unpaired) electrons. The molecule has 1 aliphatic heterocycles. The summed E-state index contributed by atoms with van der Waals surface area (Å²) in [6.45, 7) is 3.74. The monoisotopic (exact) mass is 317 g/mol. The highest BCUT2D eigenvalue weighted by molar-refractivity contribution is 7.91. The molecule has 0 unspecified atom stereocenters. The van der Waals surface area contributed by atoms with Gasteiger partial charge in [0.1, 0.15) is 0 Å². The third kappa shape index (κ3) is 6.32. The van der Waals surface area contributed by atoms with Crippen molar-refractivity contribution in [3.8, 4) is 0 Å². The minimum atomic E-state index is -3.17. The Morgan fingerprint density at radius 1 is 1.14 bits per heavy atom. The van der Waals surface area contributed by atoms with Crippen LogP contribution in [0.4, 0.5) is 0 Å². The zero-order chi connectivity index (χ0) is 15.3. The molecule has 7 heteroatoms. The smallest absolute Gasteiger partial charge is 0.218 e. The molecule has 1 aliphatic carbocycles. The molecular formula is C14H27N3O3S. The van der Waals surface area contributed by atoms with E-state index < -0.39 is 15.7 Å². The lowest BCUT2D eigenvalue weighted by Crippen LogP contribution is -2.39. The minimum Gasteiger partial charge on any atom is -0.370 e. The molecule has 0 aromatic heterocycles. The second-order valence-electron chi connectivity index (χ2n) is 6.29. The van der Waals surface area contributed by atoms with E-state index in [9.17, 15) is 13.2 Å². The number of carbonyl (C=O) groups excluding carboxylic acids is 1. The minimum absolute atomic E-state index is 0.0694. The Morgan fingerprint density at radius 3 is 2.38 bits per heavy atom. The number of nitrogens with zero attached hydrogens (tertiary/aromatic N) is 1. The lowest BCUT2D eigenvalue weighted by molar-refractivity contribution is -0.117. The van der Waals surface area contributed by atoms with E-state index in [2.05, 4.69) is 10.2 Å². The summed E-state index contributed by atoms with van der Waals surface area (Å²) < 4.78 is 23.9. The van der Waals surface area contributed by atoms with Gasteiger partial charge in [0.15, 0.2) is 9.84 Å². The van der Waals surface area contributed by atoms with Crippen LogP contribution in [0.15, 0.2) is 0 Å². The number of carbonyl (C=O) groups is 1. The van der Waals surface area contributed by atoms with Crippen LogP contribution in [-0.4, -0.2) is 63.0 Å². The average molecular weight is 317 g/mol. The fourth-order valence-electron chi connectivity index (χ4n) is 2.87. The van der Waals surface area contributed by atoms with E-state index in [-0.39, 0.29) is 17.9 Å². The Balaban J connectivity index is 1.78. The van der Waals surface area contributed by atoms with Gasteiger partial charge in [-0.3, -0.25) is 9.69 Å². The van der Waals surface area contributed by atoms with E-state index in [1.54, 1.807) is 0 Å². The molecule has 0 aromatic rings. The fraction of sp³-hybridized carbons (Fsp3) is 0.929. The van der Waals surface area contributed by atoms with Crippen molar-refractivity contribution in [1.29, 1.82) is 0 Å². The molecule has 3 N–H and O–H groups in total. The van der Waals surface area contributed by atoms with Gasteiger partial charge in [-0.2, -0.15) is 0 Å². The van der Waals surface area contributed by atoms with Gasteiger partial charge in [-0.05, 0) is 44.7 Å². The summed E-state index contributed by atoms with van der Waals surface area (Å²) in [5.74, 6) is 0.156. The van der Waals surface area contributed by atoms with E-state index in [0.717, 1.165) is 19.6 Å². The highest BCUT2D eigenvalue weighted by atomic mass is 32.2. The van der Waals surface area contributed by atoms with Gasteiger partial charge in [-0.1, -0.05) is 0 Å². The molecule has 0 aromatic carbocycles. The van der Waals surface area contributed by atoms with Crippen LogP contribution in [0.5, 0.6) is 0 Å². The molecule has 0 spiro atoms. The normalized spacial score (nSPS) is 20.8. The first-order valence-electron chi connectivity index (χ1n) is 7.90. The first-order valence-corrected chi connectivity index (χ1v) is 9.72. The van der Waals surface area contributed by atoms with Crippen LogP contribution >= 0.6 is 0 Å². The Bertz CT molecular complexity index is 442. The molecule has 1 heterocycles. The van der Waals surface area contributed by atoms with Gasteiger partial charge in [0.05, 0.1) is 11.5 Å². The van der Waals surface area contributed by atoms with Gasteiger partial charge in [0, 0.05) is 25.6 Å². The van der Waals surface area contributed by atoms with Crippen LogP contribution in [0.3, 0.4) is 0 Å². The Hall–Kier alpha value is -0.660. The maximum Gasteiger partial charge on any atom is 0.218 e. The molecule has 2 fully saturated rings. The Kier molecular flexibility index (Phi) is 6.01. The van der Waals surface area contributed by atoms with Crippen molar-refractivity contribution in [2.45, 2.75) is 38.1 Å². The number of primary amides is 1. The van der Waals surface area contributed by atoms with Crippen molar-refractivity contribution in [2.75, 3.05) is 37.7 Å². The molecule has 0 bridgehead atoms. The van der Waals surface area contributed by atoms with Crippen molar-refractivity contribution < 1.29 is 13.2 Å². The van der Waals surface area contributed by atoms with Crippen LogP contribution in [-0.2, 0) is 14.6 Å². The molecule has 2 aliphatic rings. The second-order valence-corrected chi connectivity index (χ2v) is 8.59. The van der Waals surface area contributed by atoms with Crippen molar-refractivity contribution >= 4 is 15.7 Å². The number of rotatable bonds is 9. The van der Waals surface area contributed by atoms with Gasteiger partial charge in [-0.15, -0.1) is 0 Å². The second kappa shape index (κ2) is 7.56. The average Bonchev–Trinajstić information content (AvgIpc) is 3.27. The van der Waals surface area contributed by atoms with E-state index >= 15 is 0 Å². The highest BCUT2D eigenvalue weighted by Gasteiger charge is 2.31. The van der Waals surface area contributed by atoms with Crippen LogP contribution in [0.25, 0.3) is 0 Å². The predicted octanol–water partition coefficient (Wildman–Crippen LogP) is -0.259. The Labute approximate surface area is 127 Å². The van der Waals surface area contributed by atoms with E-state index in [1.165, 1.54) is 25.7 Å². The standard InChI is InChI=1S/C14H27N3O3S/c15-14(18)5-9-21(19,20)10-8-17(13-1-2-13)11-12-3-6-16-7-4-12/h12-13,16H,1-11H2,(H2,15,18). The third-order valence-electron chi connectivity index (χ3n) is 4.36. The number of piperidine rings is 1. The quantitative estimate of drug-likeness (QED) is 0.611. The number of amides is 1. The van der Waals surface area contributed by atoms with Gasteiger partial charge in [0.2, 0.25) is 5.91 Å². The number of nitrogens with two attached hydrogens (primary N) is 1. The van der Waals surface area contributed by atoms with E-state index in [0.29, 0.717) is 18.5 Å². The molecule has 6 nitrogen and oxygen atoms in total. The Morgan fingerprint density at radius 2 is 1.81 bits per heavy atom. The first-order chi connectivity index (χ1) is 9.96. The summed E-state index contributed by atoms with van der Waals surface area (Å²) in [5, 5.41) is 3.36. The zero-order valence-electron chi connectivity index (χ0n) is 12.6. The van der Waals surface area contributed by atoms with Crippen molar-refractivity contribution in [3.05, 3.63) is 0 Å². The van der Waals surface area contributed by atoms with E-state index in [4.69, 9.17) is 5.73 Å². The van der Waals surface area contributed by atoms with Gasteiger partial charge in [-0.25, -0.2) is 8.42 Å². The summed E-state index contributed by atoms with van der Waals surface area (Å²) in [6, 6.07) is 0.575. The largest absolute Gasteiger partial charge is 0.370 e. The summed E-state index contributed by atoms with van der Waals surface area (Å²) >= 11 is 0. The first kappa shape index (κ1) is 16.7. The number of hydrogen-bond donors (Lipinski definition) is 2. The lowest BCUT2D eigenvalue weighted by Gasteiger charge is -2.30. The number of sulfone groups is 1. The van der Waals surface area contributed by atoms with Gasteiger partial charge < -0.3 is 11.1 Å². The molecular weight excluding hydrogens is 290 g/mol. The summed E-state index contributed by atoms with van der Waals surface area (Å²) in [7, 11) is -3.17. The summed E-state index contributed by atoms with van der Waals surface area (Å²) in [6.07, 6.45) is 4.66. The van der Waals surface area contributed by atoms with Crippen molar-refractivity contribution in [3.63, 3.8) is 0 Å². The lowest BCUT2D eigenvalue weighted by atomic mass is 9.97. The van der Waals surface area contributed by atoms with Crippen molar-refractivity contribution in [1.82, 2.24) is 10.2 Å². The zero-order valence-corrected chi connectivity index (χ0v) is 13.4. The van der Waals surface area contributed by atoms with Crippen LogP contribution < -0.4 is 11.1 Å². The van der Waals surface area contributed by atoms with Gasteiger partial charge in [0.25, 0.3) is 0 Å². The van der Waals surface area contributed by atoms with Crippen LogP contribution in [0.1, 0.15) is 32.1 Å². The number of hydrogen-bond acceptors (Lipinski definition) is 5. The predicted molar refractivity (Wildman–Crippen MR) is 82.7 cm³/mol. The molecule has 0 atom stereocenters. The topological polar surface area (TPSA) is 92.5 Å². The summed E-state index contributed by atoms with van der Waals surface area (Å²) in [5.41, 5.74) is 5.02. The molecule has 122 valence electrons. The fourth-order valence-corrected chi connectivity index (χ4v) is 4.10.